The average Bonchev–Trinajstić information content (AvgIpc) is 2.68. The Balaban J connectivity index is 2.05. The molecule has 1 N–H and O–H groups in total. The van der Waals surface area contributed by atoms with Gasteiger partial charge in [0.1, 0.15) is 0 Å². The molecule has 0 aliphatic carbocycles. The Hall–Kier alpha value is -2.45. The summed E-state index contributed by atoms with van der Waals surface area (Å²) in [5, 5.41) is 0. The summed E-state index contributed by atoms with van der Waals surface area (Å²) in [6, 6.07) is 10.0. The van der Waals surface area contributed by atoms with E-state index in [0.29, 0.717) is 36.0 Å². The molecule has 0 heterocycles. The van der Waals surface area contributed by atoms with Crippen LogP contribution in [-0.2, 0) is 16.4 Å². The first-order chi connectivity index (χ1) is 12.9. The van der Waals surface area contributed by atoms with Crippen molar-refractivity contribution in [3.8, 4) is 23.0 Å². The van der Waals surface area contributed by atoms with Gasteiger partial charge < -0.3 is 18.9 Å². The van der Waals surface area contributed by atoms with Gasteiger partial charge in [0, 0.05) is 12.6 Å². The van der Waals surface area contributed by atoms with E-state index in [1.54, 1.807) is 13.2 Å². The lowest BCUT2D eigenvalue weighted by Gasteiger charge is -2.12. The van der Waals surface area contributed by atoms with Crippen LogP contribution in [0.3, 0.4) is 0 Å². The van der Waals surface area contributed by atoms with Crippen LogP contribution in [0.25, 0.3) is 0 Å². The van der Waals surface area contributed by atoms with Crippen molar-refractivity contribution in [3.05, 3.63) is 42.0 Å². The second-order valence-corrected chi connectivity index (χ2v) is 7.35. The molecule has 0 aliphatic rings. The van der Waals surface area contributed by atoms with Crippen molar-refractivity contribution < 1.29 is 27.4 Å². The van der Waals surface area contributed by atoms with Gasteiger partial charge in [0.25, 0.3) is 0 Å². The van der Waals surface area contributed by atoms with E-state index in [2.05, 4.69) is 4.72 Å². The van der Waals surface area contributed by atoms with E-state index < -0.39 is 10.0 Å². The third-order valence-electron chi connectivity index (χ3n) is 3.90. The first kappa shape index (κ1) is 20.9. The molecule has 0 radical (unpaired) electrons. The zero-order valence-corrected chi connectivity index (χ0v) is 16.8. The van der Waals surface area contributed by atoms with Crippen LogP contribution >= 0.6 is 0 Å². The number of rotatable bonds is 10. The molecule has 0 aliphatic heterocycles. The monoisotopic (exact) mass is 395 g/mol. The summed E-state index contributed by atoms with van der Waals surface area (Å²) in [5.74, 6) is 2.11. The lowest BCUT2D eigenvalue weighted by molar-refractivity contribution is 0.310. The van der Waals surface area contributed by atoms with Crippen LogP contribution in [0.2, 0.25) is 0 Å². The number of nitrogens with one attached hydrogen (secondary N) is 1. The summed E-state index contributed by atoms with van der Waals surface area (Å²) in [6.45, 7) is 2.69. The van der Waals surface area contributed by atoms with Crippen LogP contribution in [0.5, 0.6) is 23.0 Å². The molecule has 27 heavy (non-hydrogen) atoms. The Bertz CT molecular complexity index is 866. The largest absolute Gasteiger partial charge is 0.493 e. The molecule has 0 unspecified atom stereocenters. The standard InChI is InChI=1S/C19H25NO6S/c1-5-26-17-8-6-14(12-18(17)24-3)10-11-20-27(21,22)15-7-9-16(23-2)19(13-15)25-4/h6-9,12-13,20H,5,10-11H2,1-4H3. The minimum atomic E-state index is -3.66. The Morgan fingerprint density at radius 3 is 2.11 bits per heavy atom. The zero-order chi connectivity index (χ0) is 19.9. The first-order valence-electron chi connectivity index (χ1n) is 8.46. The van der Waals surface area contributed by atoms with Crippen LogP contribution in [-0.4, -0.2) is 42.9 Å². The van der Waals surface area contributed by atoms with Crippen molar-refractivity contribution in [2.75, 3.05) is 34.5 Å². The van der Waals surface area contributed by atoms with E-state index in [4.69, 9.17) is 18.9 Å². The van der Waals surface area contributed by atoms with Gasteiger partial charge in [-0.1, -0.05) is 6.07 Å². The average molecular weight is 395 g/mol. The predicted octanol–water partition coefficient (Wildman–Crippen LogP) is 2.63. The summed E-state index contributed by atoms with van der Waals surface area (Å²) in [7, 11) is 0.864. The maximum Gasteiger partial charge on any atom is 0.240 e. The normalized spacial score (nSPS) is 11.1. The number of hydrogen-bond donors (Lipinski definition) is 1. The molecule has 0 aromatic heterocycles. The molecule has 0 atom stereocenters. The van der Waals surface area contributed by atoms with Gasteiger partial charge in [-0.05, 0) is 43.2 Å². The summed E-state index contributed by atoms with van der Waals surface area (Å²) in [5.41, 5.74) is 0.935. The quantitative estimate of drug-likeness (QED) is 0.666. The summed E-state index contributed by atoms with van der Waals surface area (Å²) >= 11 is 0. The second kappa shape index (κ2) is 9.48. The summed E-state index contributed by atoms with van der Waals surface area (Å²) in [6.07, 6.45) is 0.509. The Morgan fingerprint density at radius 1 is 0.852 bits per heavy atom. The third kappa shape index (κ3) is 5.27. The molecule has 7 nitrogen and oxygen atoms in total. The molecule has 0 saturated carbocycles. The maximum absolute atomic E-state index is 12.5. The van der Waals surface area contributed by atoms with Crippen molar-refractivity contribution in [2.24, 2.45) is 0 Å². The highest BCUT2D eigenvalue weighted by Gasteiger charge is 2.16. The minimum absolute atomic E-state index is 0.115. The summed E-state index contributed by atoms with van der Waals surface area (Å²) < 4.78 is 48.7. The molecule has 2 aromatic rings. The van der Waals surface area contributed by atoms with Crippen molar-refractivity contribution in [1.82, 2.24) is 4.72 Å². The Kier molecular flexibility index (Phi) is 7.32. The highest BCUT2D eigenvalue weighted by Crippen LogP contribution is 2.30. The van der Waals surface area contributed by atoms with E-state index in [1.165, 1.54) is 26.4 Å². The number of sulfonamides is 1. The van der Waals surface area contributed by atoms with Gasteiger partial charge in [-0.3, -0.25) is 0 Å². The van der Waals surface area contributed by atoms with E-state index in [9.17, 15) is 8.42 Å². The van der Waals surface area contributed by atoms with Crippen LogP contribution in [0.4, 0.5) is 0 Å². The van der Waals surface area contributed by atoms with Crippen molar-refractivity contribution in [1.29, 1.82) is 0 Å². The van der Waals surface area contributed by atoms with Crippen molar-refractivity contribution >= 4 is 10.0 Å². The Morgan fingerprint density at radius 2 is 1.48 bits per heavy atom. The smallest absolute Gasteiger partial charge is 0.240 e. The minimum Gasteiger partial charge on any atom is -0.493 e. The highest BCUT2D eigenvalue weighted by atomic mass is 32.2. The molecule has 2 rings (SSSR count). The fourth-order valence-corrected chi connectivity index (χ4v) is 3.59. The molecule has 0 saturated heterocycles. The number of benzene rings is 2. The SMILES string of the molecule is CCOc1ccc(CCNS(=O)(=O)c2ccc(OC)c(OC)c2)cc1OC. The third-order valence-corrected chi connectivity index (χ3v) is 5.36. The van der Waals surface area contributed by atoms with Gasteiger partial charge in [-0.25, -0.2) is 13.1 Å². The molecule has 0 amide bonds. The molecule has 2 aromatic carbocycles. The number of ether oxygens (including phenoxy) is 4. The first-order valence-corrected chi connectivity index (χ1v) is 9.94. The maximum atomic E-state index is 12.5. The van der Waals surface area contributed by atoms with Gasteiger partial charge >= 0.3 is 0 Å². The van der Waals surface area contributed by atoms with Gasteiger partial charge in [0.15, 0.2) is 23.0 Å². The fourth-order valence-electron chi connectivity index (χ4n) is 2.54. The summed E-state index contributed by atoms with van der Waals surface area (Å²) in [4.78, 5) is 0.115. The number of methoxy groups -OCH3 is 3. The fraction of sp³-hybridized carbons (Fsp3) is 0.368. The van der Waals surface area contributed by atoms with E-state index in [0.717, 1.165) is 5.56 Å². The van der Waals surface area contributed by atoms with Crippen molar-refractivity contribution in [3.63, 3.8) is 0 Å². The molecule has 8 heteroatoms. The van der Waals surface area contributed by atoms with Gasteiger partial charge in [-0.2, -0.15) is 0 Å². The molecular formula is C19H25NO6S. The van der Waals surface area contributed by atoms with Gasteiger partial charge in [-0.15, -0.1) is 0 Å². The molecule has 0 spiro atoms. The molecule has 0 bridgehead atoms. The van der Waals surface area contributed by atoms with Crippen LogP contribution in [0, 0.1) is 0 Å². The van der Waals surface area contributed by atoms with E-state index in [1.807, 2.05) is 25.1 Å². The molecule has 0 fully saturated rings. The molecule has 148 valence electrons. The Labute approximate surface area is 160 Å². The molecular weight excluding hydrogens is 370 g/mol. The topological polar surface area (TPSA) is 83.1 Å². The second-order valence-electron chi connectivity index (χ2n) is 5.58. The van der Waals surface area contributed by atoms with Gasteiger partial charge in [0.05, 0.1) is 32.8 Å². The van der Waals surface area contributed by atoms with Crippen LogP contribution < -0.4 is 23.7 Å². The van der Waals surface area contributed by atoms with Gasteiger partial charge in [0.2, 0.25) is 10.0 Å². The van der Waals surface area contributed by atoms with Crippen LogP contribution in [0.15, 0.2) is 41.3 Å². The lowest BCUT2D eigenvalue weighted by atomic mass is 10.1. The number of hydrogen-bond acceptors (Lipinski definition) is 6. The highest BCUT2D eigenvalue weighted by molar-refractivity contribution is 7.89. The van der Waals surface area contributed by atoms with Crippen molar-refractivity contribution in [2.45, 2.75) is 18.2 Å². The lowest BCUT2D eigenvalue weighted by Crippen LogP contribution is -2.26. The predicted molar refractivity (Wildman–Crippen MR) is 103 cm³/mol. The van der Waals surface area contributed by atoms with E-state index >= 15 is 0 Å². The van der Waals surface area contributed by atoms with E-state index in [-0.39, 0.29) is 11.4 Å². The zero-order valence-electron chi connectivity index (χ0n) is 15.9. The van der Waals surface area contributed by atoms with Crippen LogP contribution in [0.1, 0.15) is 12.5 Å².